The van der Waals surface area contributed by atoms with Crippen LogP contribution in [0.3, 0.4) is 0 Å². The van der Waals surface area contributed by atoms with Gasteiger partial charge in [0.2, 0.25) is 11.8 Å². The second-order valence-corrected chi connectivity index (χ2v) is 13.9. The molecule has 4 aromatic carbocycles. The van der Waals surface area contributed by atoms with Gasteiger partial charge in [-0.15, -0.1) is 0 Å². The molecule has 0 bridgehead atoms. The molecule has 4 aromatic rings. The number of Topliss-reactive ketones (excluding diaryl/α,β-unsaturated/α-hetero) is 1. The molecule has 10 nitrogen and oxygen atoms in total. The van der Waals surface area contributed by atoms with Crippen LogP contribution in [-0.2, 0) is 24.6 Å². The van der Waals surface area contributed by atoms with Crippen LogP contribution in [0.5, 0.6) is 11.5 Å². The maximum Gasteiger partial charge on any atom is 0.269 e. The van der Waals surface area contributed by atoms with E-state index in [2.05, 4.69) is 0 Å². The minimum Gasteiger partial charge on any atom is -0.504 e. The molecule has 53 heavy (non-hydrogen) atoms. The lowest BCUT2D eigenvalue weighted by Gasteiger charge is -2.54. The van der Waals surface area contributed by atoms with Crippen molar-refractivity contribution in [2.75, 3.05) is 12.0 Å². The number of anilines is 1. The summed E-state index contributed by atoms with van der Waals surface area (Å²) in [5, 5.41) is 21.6. The van der Waals surface area contributed by atoms with Crippen LogP contribution in [0.2, 0.25) is 0 Å². The number of methoxy groups -OCH3 is 1. The number of aromatic hydroxyl groups is 1. The van der Waals surface area contributed by atoms with Crippen LogP contribution < -0.4 is 9.64 Å². The molecule has 0 spiro atoms. The Morgan fingerprint density at radius 2 is 1.58 bits per heavy atom. The molecular formula is C43H34N2O8. The first kappa shape index (κ1) is 33.7. The SMILES string of the molecule is COc1cc(C=CC2C3=CCC4C(=O)N(c5ccc([N+](=O)[O-])cc5)C(=O)C4C3CC3C(=O)C(c4ccccc4)=CC(=O)C23c2ccccc2)ccc1O. The van der Waals surface area contributed by atoms with Crippen LogP contribution >= 0.6 is 0 Å². The van der Waals surface area contributed by atoms with Gasteiger partial charge in [-0.1, -0.05) is 90.5 Å². The lowest BCUT2D eigenvalue weighted by Crippen LogP contribution is -2.59. The van der Waals surface area contributed by atoms with Crippen molar-refractivity contribution in [2.45, 2.75) is 18.3 Å². The number of nitro groups is 1. The van der Waals surface area contributed by atoms with Crippen LogP contribution in [0, 0.1) is 39.7 Å². The van der Waals surface area contributed by atoms with Crippen LogP contribution in [0.15, 0.2) is 127 Å². The number of fused-ring (bicyclic) bond motifs is 4. The number of carbonyl (C=O) groups excluding carboxylic acids is 4. The van der Waals surface area contributed by atoms with Gasteiger partial charge < -0.3 is 9.84 Å². The molecule has 6 unspecified atom stereocenters. The number of allylic oxidation sites excluding steroid dienone is 5. The van der Waals surface area contributed by atoms with Crippen LogP contribution in [-0.4, -0.2) is 40.5 Å². The van der Waals surface area contributed by atoms with Crippen LogP contribution in [0.4, 0.5) is 11.4 Å². The van der Waals surface area contributed by atoms with E-state index >= 15 is 4.79 Å². The molecular weight excluding hydrogens is 672 g/mol. The van der Waals surface area contributed by atoms with E-state index in [-0.39, 0.29) is 47.3 Å². The van der Waals surface area contributed by atoms with Gasteiger partial charge in [0.15, 0.2) is 23.1 Å². The monoisotopic (exact) mass is 706 g/mol. The molecule has 2 fully saturated rings. The molecule has 4 aliphatic rings. The largest absolute Gasteiger partial charge is 0.504 e. The third kappa shape index (κ3) is 5.24. The summed E-state index contributed by atoms with van der Waals surface area (Å²) in [6, 6.07) is 28.6. The third-order valence-electron chi connectivity index (χ3n) is 11.4. The molecule has 1 saturated heterocycles. The number of hydrogen-bond acceptors (Lipinski definition) is 8. The topological polar surface area (TPSA) is 144 Å². The second kappa shape index (κ2) is 13.0. The number of ether oxygens (including phenoxy) is 1. The van der Waals surface area contributed by atoms with E-state index in [1.165, 1.54) is 43.5 Å². The number of non-ortho nitro benzene ring substituents is 1. The van der Waals surface area contributed by atoms with Crippen LogP contribution in [0.1, 0.15) is 29.5 Å². The van der Waals surface area contributed by atoms with E-state index in [0.717, 1.165) is 10.5 Å². The average molecular weight is 707 g/mol. The molecule has 2 amide bonds. The van der Waals surface area contributed by atoms with Crippen molar-refractivity contribution >= 4 is 46.4 Å². The number of phenolic OH excluding ortho intramolecular Hbond substituents is 1. The van der Waals surface area contributed by atoms with Gasteiger partial charge >= 0.3 is 0 Å². The molecule has 6 atom stereocenters. The zero-order valence-electron chi connectivity index (χ0n) is 28.6. The summed E-state index contributed by atoms with van der Waals surface area (Å²) < 4.78 is 5.35. The number of hydrogen-bond donors (Lipinski definition) is 1. The third-order valence-corrected chi connectivity index (χ3v) is 11.4. The van der Waals surface area contributed by atoms with E-state index in [9.17, 15) is 29.6 Å². The molecule has 1 saturated carbocycles. The summed E-state index contributed by atoms with van der Waals surface area (Å²) >= 11 is 0. The van der Waals surface area contributed by atoms with Crippen molar-refractivity contribution in [1.29, 1.82) is 0 Å². The first-order valence-electron chi connectivity index (χ1n) is 17.4. The first-order valence-corrected chi connectivity index (χ1v) is 17.4. The van der Waals surface area contributed by atoms with Crippen molar-refractivity contribution in [3.05, 3.63) is 154 Å². The first-order chi connectivity index (χ1) is 25.6. The highest BCUT2D eigenvalue weighted by Crippen LogP contribution is 2.61. The maximum absolute atomic E-state index is 15.1. The molecule has 1 heterocycles. The second-order valence-electron chi connectivity index (χ2n) is 13.9. The van der Waals surface area contributed by atoms with E-state index in [1.54, 1.807) is 24.3 Å². The molecule has 264 valence electrons. The minimum atomic E-state index is -1.37. The molecule has 10 heteroatoms. The number of amides is 2. The minimum absolute atomic E-state index is 0.0298. The Morgan fingerprint density at radius 1 is 0.887 bits per heavy atom. The highest BCUT2D eigenvalue weighted by Gasteiger charge is 2.65. The Kier molecular flexibility index (Phi) is 8.25. The average Bonchev–Trinajstić information content (AvgIpc) is 3.44. The fourth-order valence-electron chi connectivity index (χ4n) is 9.11. The van der Waals surface area contributed by atoms with E-state index in [1.807, 2.05) is 66.8 Å². The lowest BCUT2D eigenvalue weighted by atomic mass is 9.45. The standard InChI is InChI=1S/C43H34N2O8/c1-53-37-22-25(13-21-36(37)46)12-20-34-30-18-19-31-39(42(50)44(41(31)49)28-14-16-29(17-15-28)45(51)52)33(30)23-35-40(48)32(26-8-4-2-5-9-26)24-38(47)43(34,35)27-10-6-3-7-11-27/h2-18,20-22,24,31,33-35,39,46H,19,23H2,1H3. The van der Waals surface area contributed by atoms with Gasteiger partial charge in [0.1, 0.15) is 0 Å². The van der Waals surface area contributed by atoms with E-state index < -0.39 is 51.7 Å². The van der Waals surface area contributed by atoms with Gasteiger partial charge in [-0.25, -0.2) is 0 Å². The number of rotatable bonds is 7. The molecule has 3 aliphatic carbocycles. The van der Waals surface area contributed by atoms with E-state index in [4.69, 9.17) is 4.74 Å². The normalized spacial score (nSPS) is 26.4. The fraction of sp³-hybridized carbons (Fsp3) is 0.209. The number of ketones is 2. The van der Waals surface area contributed by atoms with E-state index in [0.29, 0.717) is 22.3 Å². The predicted molar refractivity (Wildman–Crippen MR) is 197 cm³/mol. The molecule has 0 aromatic heterocycles. The number of phenols is 1. The van der Waals surface area contributed by atoms with Gasteiger partial charge in [0.25, 0.3) is 5.69 Å². The smallest absolute Gasteiger partial charge is 0.269 e. The number of nitro benzene ring substituents is 1. The summed E-state index contributed by atoms with van der Waals surface area (Å²) in [5.74, 6) is -4.71. The molecule has 0 radical (unpaired) electrons. The van der Waals surface area contributed by atoms with Gasteiger partial charge in [0.05, 0.1) is 35.0 Å². The molecule has 8 rings (SSSR count). The Hall–Kier alpha value is -6.42. The number of benzene rings is 4. The van der Waals surface area contributed by atoms with Crippen LogP contribution in [0.25, 0.3) is 11.6 Å². The summed E-state index contributed by atoms with van der Waals surface area (Å²) in [6.07, 6.45) is 7.58. The predicted octanol–water partition coefficient (Wildman–Crippen LogP) is 6.88. The fourth-order valence-corrected chi connectivity index (χ4v) is 9.11. The Balaban J connectivity index is 1.30. The highest BCUT2D eigenvalue weighted by molar-refractivity contribution is 6.31. The number of nitrogens with zero attached hydrogens (tertiary/aromatic N) is 2. The van der Waals surface area contributed by atoms with Crippen molar-refractivity contribution in [3.63, 3.8) is 0 Å². The summed E-state index contributed by atoms with van der Waals surface area (Å²) in [6.45, 7) is 0. The van der Waals surface area contributed by atoms with Gasteiger partial charge in [-0.3, -0.25) is 34.2 Å². The Labute approximate surface area is 304 Å². The lowest BCUT2D eigenvalue weighted by molar-refractivity contribution is -0.384. The molecule has 1 N–H and O–H groups in total. The quantitative estimate of drug-likeness (QED) is 0.0948. The van der Waals surface area contributed by atoms with Crippen molar-refractivity contribution in [1.82, 2.24) is 0 Å². The van der Waals surface area contributed by atoms with Gasteiger partial charge in [-0.2, -0.15) is 0 Å². The number of imide groups is 1. The summed E-state index contributed by atoms with van der Waals surface area (Å²) in [5.41, 5.74) is 1.80. The van der Waals surface area contributed by atoms with Gasteiger partial charge in [-0.05, 0) is 65.8 Å². The zero-order valence-corrected chi connectivity index (χ0v) is 28.6. The Morgan fingerprint density at radius 3 is 2.26 bits per heavy atom. The highest BCUT2D eigenvalue weighted by atomic mass is 16.6. The van der Waals surface area contributed by atoms with Crippen molar-refractivity contribution < 1.29 is 33.9 Å². The summed E-state index contributed by atoms with van der Waals surface area (Å²) in [4.78, 5) is 70.4. The van der Waals surface area contributed by atoms with Crippen molar-refractivity contribution in [2.24, 2.45) is 29.6 Å². The maximum atomic E-state index is 15.1. The van der Waals surface area contributed by atoms with Gasteiger partial charge in [0, 0.05) is 29.5 Å². The Bertz CT molecular complexity index is 2280. The zero-order chi connectivity index (χ0) is 37.0. The van der Waals surface area contributed by atoms with Crippen molar-refractivity contribution in [3.8, 4) is 11.5 Å². The number of carbonyl (C=O) groups is 4. The summed E-state index contributed by atoms with van der Waals surface area (Å²) in [7, 11) is 1.45. The molecule has 1 aliphatic heterocycles.